The first-order chi connectivity index (χ1) is 11.0. The van der Waals surface area contributed by atoms with E-state index in [9.17, 15) is 4.79 Å². The van der Waals surface area contributed by atoms with E-state index in [2.05, 4.69) is 23.4 Å². The van der Waals surface area contributed by atoms with Crippen molar-refractivity contribution in [2.45, 2.75) is 33.9 Å². The van der Waals surface area contributed by atoms with Gasteiger partial charge in [-0.05, 0) is 23.6 Å². The third kappa shape index (κ3) is 4.84. The minimum absolute atomic E-state index is 0.0812. The molecule has 0 fully saturated rings. The van der Waals surface area contributed by atoms with Crippen molar-refractivity contribution in [3.8, 4) is 5.75 Å². The molecule has 0 aliphatic rings. The zero-order valence-electron chi connectivity index (χ0n) is 14.3. The molecule has 0 unspecified atom stereocenters. The molecule has 1 heterocycles. The number of ether oxygens (including phenoxy) is 1. The predicted molar refractivity (Wildman–Crippen MR) is 90.3 cm³/mol. The van der Waals surface area contributed by atoms with E-state index in [1.54, 1.807) is 20.2 Å². The summed E-state index contributed by atoms with van der Waals surface area (Å²) < 4.78 is 7.26. The quantitative estimate of drug-likeness (QED) is 0.789. The number of aromatic nitrogens is 2. The highest BCUT2D eigenvalue weighted by Gasteiger charge is 2.14. The van der Waals surface area contributed by atoms with Gasteiger partial charge in [-0.25, -0.2) is 4.98 Å². The van der Waals surface area contributed by atoms with Crippen molar-refractivity contribution in [3.63, 3.8) is 0 Å². The second-order valence-corrected chi connectivity index (χ2v) is 6.11. The van der Waals surface area contributed by atoms with E-state index in [4.69, 9.17) is 4.74 Å². The Morgan fingerprint density at radius 2 is 2.00 bits per heavy atom. The highest BCUT2D eigenvalue weighted by atomic mass is 16.5. The predicted octanol–water partition coefficient (Wildman–Crippen LogP) is 2.94. The van der Waals surface area contributed by atoms with Crippen LogP contribution in [0.4, 0.5) is 0 Å². The van der Waals surface area contributed by atoms with E-state index >= 15 is 0 Å². The molecule has 1 aromatic carbocycles. The van der Waals surface area contributed by atoms with Gasteiger partial charge in [0.05, 0.1) is 13.7 Å². The first-order valence-corrected chi connectivity index (χ1v) is 7.88. The van der Waals surface area contributed by atoms with Crippen molar-refractivity contribution in [2.24, 2.45) is 5.92 Å². The molecule has 0 saturated carbocycles. The summed E-state index contributed by atoms with van der Waals surface area (Å²) in [5.74, 6) is 2.26. The fourth-order valence-electron chi connectivity index (χ4n) is 2.48. The molecule has 124 valence electrons. The average Bonchev–Trinajstić information content (AvgIpc) is 2.94. The topological polar surface area (TPSA) is 47.4 Å². The Morgan fingerprint density at radius 3 is 2.57 bits per heavy atom. The number of benzene rings is 1. The molecule has 0 N–H and O–H groups in total. The number of hydrogen-bond acceptors (Lipinski definition) is 3. The molecule has 5 nitrogen and oxygen atoms in total. The maximum absolute atomic E-state index is 11.8. The molecule has 0 spiro atoms. The van der Waals surface area contributed by atoms with Gasteiger partial charge in [0.15, 0.2) is 0 Å². The summed E-state index contributed by atoms with van der Waals surface area (Å²) in [7, 11) is 1.66. The Bertz CT molecular complexity index is 632. The van der Waals surface area contributed by atoms with Crippen molar-refractivity contribution >= 4 is 5.91 Å². The molecular weight excluding hydrogens is 290 g/mol. The van der Waals surface area contributed by atoms with E-state index in [1.807, 2.05) is 35.4 Å². The summed E-state index contributed by atoms with van der Waals surface area (Å²) in [4.78, 5) is 18.1. The smallest absolute Gasteiger partial charge is 0.219 e. The summed E-state index contributed by atoms with van der Waals surface area (Å²) in [5.41, 5.74) is 1.17. The summed E-state index contributed by atoms with van der Waals surface area (Å²) in [5, 5.41) is 0. The summed E-state index contributed by atoms with van der Waals surface area (Å²) >= 11 is 0. The second kappa shape index (κ2) is 7.81. The van der Waals surface area contributed by atoms with Crippen LogP contribution in [0.25, 0.3) is 0 Å². The highest BCUT2D eigenvalue weighted by Crippen LogP contribution is 2.14. The van der Waals surface area contributed by atoms with Crippen LogP contribution >= 0.6 is 0 Å². The van der Waals surface area contributed by atoms with Gasteiger partial charge in [0.1, 0.15) is 11.6 Å². The van der Waals surface area contributed by atoms with Gasteiger partial charge >= 0.3 is 0 Å². The molecule has 1 aromatic heterocycles. The van der Waals surface area contributed by atoms with Crippen molar-refractivity contribution in [1.29, 1.82) is 0 Å². The first kappa shape index (κ1) is 17.1. The monoisotopic (exact) mass is 315 g/mol. The zero-order valence-corrected chi connectivity index (χ0v) is 14.3. The van der Waals surface area contributed by atoms with Crippen LogP contribution in [0.3, 0.4) is 0 Å². The van der Waals surface area contributed by atoms with Crippen molar-refractivity contribution in [1.82, 2.24) is 14.5 Å². The fourth-order valence-corrected chi connectivity index (χ4v) is 2.48. The van der Waals surface area contributed by atoms with E-state index < -0.39 is 0 Å². The molecule has 0 aliphatic heterocycles. The number of amides is 1. The second-order valence-electron chi connectivity index (χ2n) is 6.11. The Balaban J connectivity index is 2.10. The Labute approximate surface area is 137 Å². The van der Waals surface area contributed by atoms with Gasteiger partial charge in [-0.3, -0.25) is 4.79 Å². The van der Waals surface area contributed by atoms with Gasteiger partial charge in [-0.1, -0.05) is 26.0 Å². The minimum atomic E-state index is 0.0812. The molecule has 2 rings (SSSR count). The van der Waals surface area contributed by atoms with E-state index in [-0.39, 0.29) is 5.91 Å². The number of methoxy groups -OCH3 is 1. The number of carbonyl (C=O) groups is 1. The van der Waals surface area contributed by atoms with Gasteiger partial charge in [0, 0.05) is 32.4 Å². The van der Waals surface area contributed by atoms with Crippen LogP contribution in [0.1, 0.15) is 32.2 Å². The van der Waals surface area contributed by atoms with Crippen molar-refractivity contribution in [2.75, 3.05) is 13.7 Å². The summed E-state index contributed by atoms with van der Waals surface area (Å²) in [6, 6.07) is 7.98. The van der Waals surface area contributed by atoms with Gasteiger partial charge < -0.3 is 14.2 Å². The SMILES string of the molecule is COc1ccc(Cn2ccnc2CN(CC(C)C)C(C)=O)cc1. The highest BCUT2D eigenvalue weighted by molar-refractivity contribution is 5.73. The normalized spacial score (nSPS) is 10.8. The maximum Gasteiger partial charge on any atom is 0.219 e. The van der Waals surface area contributed by atoms with Gasteiger partial charge in [0.25, 0.3) is 0 Å². The summed E-state index contributed by atoms with van der Waals surface area (Å²) in [6.45, 7) is 7.84. The third-order valence-corrected chi connectivity index (χ3v) is 3.68. The lowest BCUT2D eigenvalue weighted by molar-refractivity contribution is -0.130. The molecule has 23 heavy (non-hydrogen) atoms. The average molecular weight is 315 g/mol. The van der Waals surface area contributed by atoms with Gasteiger partial charge in [-0.15, -0.1) is 0 Å². The number of carbonyl (C=O) groups excluding carboxylic acids is 1. The fraction of sp³-hybridized carbons (Fsp3) is 0.444. The summed E-state index contributed by atoms with van der Waals surface area (Å²) in [6.07, 6.45) is 3.74. The minimum Gasteiger partial charge on any atom is -0.497 e. The molecule has 0 saturated heterocycles. The lowest BCUT2D eigenvalue weighted by atomic mass is 10.2. The molecule has 0 bridgehead atoms. The molecule has 5 heteroatoms. The number of hydrogen-bond donors (Lipinski definition) is 0. The first-order valence-electron chi connectivity index (χ1n) is 7.88. The standard InChI is InChI=1S/C18H25N3O2/c1-14(2)11-21(15(3)22)13-18-19-9-10-20(18)12-16-5-7-17(23-4)8-6-16/h5-10,14H,11-13H2,1-4H3. The number of nitrogens with zero attached hydrogens (tertiary/aromatic N) is 3. The molecule has 2 aromatic rings. The van der Waals surface area contributed by atoms with Crippen LogP contribution in [0.15, 0.2) is 36.7 Å². The van der Waals surface area contributed by atoms with E-state index in [0.29, 0.717) is 12.5 Å². The largest absolute Gasteiger partial charge is 0.497 e. The van der Waals surface area contributed by atoms with Crippen LogP contribution < -0.4 is 4.74 Å². The van der Waals surface area contributed by atoms with Crippen LogP contribution in [-0.4, -0.2) is 34.0 Å². The molecule has 1 amide bonds. The Morgan fingerprint density at radius 1 is 1.30 bits per heavy atom. The molecule has 0 aliphatic carbocycles. The van der Waals surface area contributed by atoms with Crippen molar-refractivity contribution in [3.05, 3.63) is 48.0 Å². The number of imidazole rings is 1. The maximum atomic E-state index is 11.8. The Hall–Kier alpha value is -2.30. The lowest BCUT2D eigenvalue weighted by Crippen LogP contribution is -2.32. The number of rotatable bonds is 7. The third-order valence-electron chi connectivity index (χ3n) is 3.68. The van der Waals surface area contributed by atoms with E-state index in [0.717, 1.165) is 24.7 Å². The lowest BCUT2D eigenvalue weighted by Gasteiger charge is -2.23. The van der Waals surface area contributed by atoms with Crippen LogP contribution in [0.2, 0.25) is 0 Å². The Kier molecular flexibility index (Phi) is 5.79. The van der Waals surface area contributed by atoms with Crippen molar-refractivity contribution < 1.29 is 9.53 Å². The van der Waals surface area contributed by atoms with Crippen LogP contribution in [0, 0.1) is 5.92 Å². The van der Waals surface area contributed by atoms with Gasteiger partial charge in [-0.2, -0.15) is 0 Å². The van der Waals surface area contributed by atoms with Crippen LogP contribution in [0.5, 0.6) is 5.75 Å². The van der Waals surface area contributed by atoms with E-state index in [1.165, 1.54) is 5.56 Å². The molecular formula is C18H25N3O2. The van der Waals surface area contributed by atoms with Crippen LogP contribution in [-0.2, 0) is 17.9 Å². The zero-order chi connectivity index (χ0) is 16.8. The molecule has 0 atom stereocenters. The molecule has 0 radical (unpaired) electrons. The van der Waals surface area contributed by atoms with Gasteiger partial charge in [0.2, 0.25) is 5.91 Å².